The fourth-order valence-corrected chi connectivity index (χ4v) is 3.35. The van der Waals surface area contributed by atoms with Crippen molar-refractivity contribution in [3.63, 3.8) is 0 Å². The Bertz CT molecular complexity index is 1050. The Morgan fingerprint density at radius 2 is 1.85 bits per heavy atom. The largest absolute Gasteiger partial charge is 0.494 e. The van der Waals surface area contributed by atoms with Gasteiger partial charge in [0.15, 0.2) is 0 Å². The number of halogens is 1. The zero-order valence-electron chi connectivity index (χ0n) is 15.1. The summed E-state index contributed by atoms with van der Waals surface area (Å²) >= 11 is 3.38. The van der Waals surface area contributed by atoms with Crippen LogP contribution in [0, 0.1) is 0 Å². The van der Waals surface area contributed by atoms with Crippen LogP contribution < -0.4 is 11.2 Å². The van der Waals surface area contributed by atoms with Crippen molar-refractivity contribution in [3.8, 4) is 5.88 Å². The lowest BCUT2D eigenvalue weighted by atomic mass is 9.99. The molecular formula is C18H19BrN4O4. The Morgan fingerprint density at radius 1 is 1.22 bits per heavy atom. The van der Waals surface area contributed by atoms with Crippen molar-refractivity contribution in [2.75, 3.05) is 0 Å². The quantitative estimate of drug-likeness (QED) is 0.793. The third-order valence-electron chi connectivity index (χ3n) is 4.65. The van der Waals surface area contributed by atoms with E-state index in [9.17, 15) is 19.5 Å². The second kappa shape index (κ2) is 7.15. The lowest BCUT2D eigenvalue weighted by Gasteiger charge is -2.21. The molecule has 1 aliphatic heterocycles. The van der Waals surface area contributed by atoms with E-state index in [1.54, 1.807) is 6.92 Å². The van der Waals surface area contributed by atoms with Crippen molar-refractivity contribution in [1.29, 1.82) is 0 Å². The number of carbonyl (C=O) groups excluding carboxylic acids is 1. The molecule has 1 unspecified atom stereocenters. The van der Waals surface area contributed by atoms with E-state index in [2.05, 4.69) is 21.0 Å². The van der Waals surface area contributed by atoms with Crippen LogP contribution in [0.25, 0.3) is 0 Å². The molecule has 142 valence electrons. The molecule has 0 bridgehead atoms. The molecule has 0 radical (unpaired) electrons. The summed E-state index contributed by atoms with van der Waals surface area (Å²) in [5.41, 5.74) is -0.202. The smallest absolute Gasteiger partial charge is 0.333 e. The second-order valence-corrected chi connectivity index (χ2v) is 7.23. The van der Waals surface area contributed by atoms with Gasteiger partial charge in [0.1, 0.15) is 5.56 Å². The topological polar surface area (TPSA) is 96.9 Å². The molecule has 1 amide bonds. The van der Waals surface area contributed by atoms with Crippen LogP contribution in [0.4, 0.5) is 0 Å². The van der Waals surface area contributed by atoms with E-state index in [4.69, 9.17) is 0 Å². The molecular weight excluding hydrogens is 416 g/mol. The maximum atomic E-state index is 12.6. The standard InChI is InChI=1S/C18H19BrN4O4/c1-4-14(24)23-13(10-5-7-11(19)8-6-10)9-12(20-23)15-16(25)21(2)18(27)22(3)17(15)26/h5-8,13,25H,4,9H2,1-3H3. The summed E-state index contributed by atoms with van der Waals surface area (Å²) in [5.74, 6) is -0.652. The SMILES string of the molecule is CCC(=O)N1N=C(c2c(O)n(C)c(=O)n(C)c2=O)CC1c1ccc(Br)cc1. The van der Waals surface area contributed by atoms with Gasteiger partial charge < -0.3 is 5.11 Å². The monoisotopic (exact) mass is 434 g/mol. The Hall–Kier alpha value is -2.68. The molecule has 1 aromatic heterocycles. The molecule has 1 aromatic carbocycles. The summed E-state index contributed by atoms with van der Waals surface area (Å²) in [6, 6.07) is 7.10. The lowest BCUT2D eigenvalue weighted by Crippen LogP contribution is -2.39. The van der Waals surface area contributed by atoms with Gasteiger partial charge in [-0.25, -0.2) is 9.80 Å². The predicted octanol–water partition coefficient (Wildman–Crippen LogP) is 1.64. The molecule has 27 heavy (non-hydrogen) atoms. The molecule has 3 rings (SSSR count). The van der Waals surface area contributed by atoms with E-state index in [0.29, 0.717) is 0 Å². The zero-order chi connectivity index (χ0) is 19.9. The Balaban J connectivity index is 2.13. The minimum absolute atomic E-state index is 0.0619. The summed E-state index contributed by atoms with van der Waals surface area (Å²) in [7, 11) is 2.71. The van der Waals surface area contributed by atoms with Crippen LogP contribution in [-0.4, -0.2) is 30.9 Å². The molecule has 9 heteroatoms. The maximum absolute atomic E-state index is 12.6. The van der Waals surface area contributed by atoms with Crippen molar-refractivity contribution < 1.29 is 9.90 Å². The summed E-state index contributed by atoms with van der Waals surface area (Å²) < 4.78 is 2.80. The van der Waals surface area contributed by atoms with Crippen LogP contribution in [0.1, 0.15) is 36.9 Å². The molecule has 8 nitrogen and oxygen atoms in total. The van der Waals surface area contributed by atoms with Crippen molar-refractivity contribution in [1.82, 2.24) is 14.1 Å². The summed E-state index contributed by atoms with van der Waals surface area (Å²) in [4.78, 5) is 37.0. The van der Waals surface area contributed by atoms with Gasteiger partial charge in [0.2, 0.25) is 11.8 Å². The molecule has 0 saturated carbocycles. The minimum atomic E-state index is -0.644. The summed E-state index contributed by atoms with van der Waals surface area (Å²) in [5, 5.41) is 16.1. The van der Waals surface area contributed by atoms with Gasteiger partial charge >= 0.3 is 5.69 Å². The first-order valence-corrected chi connectivity index (χ1v) is 9.19. The molecule has 0 spiro atoms. The highest BCUT2D eigenvalue weighted by Crippen LogP contribution is 2.34. The number of carbonyl (C=O) groups is 1. The van der Waals surface area contributed by atoms with E-state index < -0.39 is 17.1 Å². The van der Waals surface area contributed by atoms with Crippen LogP contribution in [-0.2, 0) is 18.9 Å². The Labute approximate surface area is 163 Å². The average molecular weight is 435 g/mol. The molecule has 2 aromatic rings. The number of hydrogen-bond acceptors (Lipinski definition) is 5. The number of benzene rings is 1. The number of amides is 1. The highest BCUT2D eigenvalue weighted by Gasteiger charge is 2.35. The van der Waals surface area contributed by atoms with Crippen LogP contribution in [0.5, 0.6) is 5.88 Å². The van der Waals surface area contributed by atoms with Crippen molar-refractivity contribution in [2.45, 2.75) is 25.8 Å². The fraction of sp³-hybridized carbons (Fsp3) is 0.333. The molecule has 1 atom stereocenters. The third kappa shape index (κ3) is 3.23. The van der Waals surface area contributed by atoms with E-state index in [1.165, 1.54) is 19.1 Å². The number of hydrogen-bond donors (Lipinski definition) is 1. The number of nitrogens with zero attached hydrogens (tertiary/aromatic N) is 4. The predicted molar refractivity (Wildman–Crippen MR) is 104 cm³/mol. The summed E-state index contributed by atoms with van der Waals surface area (Å²) in [6.07, 6.45) is 0.509. The van der Waals surface area contributed by atoms with Crippen molar-refractivity contribution in [2.24, 2.45) is 19.2 Å². The van der Waals surface area contributed by atoms with Gasteiger partial charge in [0, 0.05) is 31.4 Å². The fourth-order valence-electron chi connectivity index (χ4n) is 3.08. The third-order valence-corrected chi connectivity index (χ3v) is 5.17. The van der Waals surface area contributed by atoms with Crippen LogP contribution in [0.15, 0.2) is 43.4 Å². The minimum Gasteiger partial charge on any atom is -0.494 e. The van der Waals surface area contributed by atoms with E-state index in [1.807, 2.05) is 24.3 Å². The molecule has 0 aliphatic carbocycles. The van der Waals surface area contributed by atoms with Gasteiger partial charge in [-0.2, -0.15) is 5.10 Å². The molecule has 1 N–H and O–H groups in total. The highest BCUT2D eigenvalue weighted by atomic mass is 79.9. The van der Waals surface area contributed by atoms with E-state index in [0.717, 1.165) is 19.2 Å². The van der Waals surface area contributed by atoms with Gasteiger partial charge in [0.25, 0.3) is 5.56 Å². The van der Waals surface area contributed by atoms with Gasteiger partial charge in [-0.3, -0.25) is 18.7 Å². The van der Waals surface area contributed by atoms with Crippen molar-refractivity contribution >= 4 is 27.5 Å². The first-order valence-electron chi connectivity index (χ1n) is 8.40. The van der Waals surface area contributed by atoms with Crippen LogP contribution in [0.3, 0.4) is 0 Å². The summed E-state index contributed by atoms with van der Waals surface area (Å²) in [6.45, 7) is 1.73. The number of aromatic hydroxyl groups is 1. The number of rotatable bonds is 3. The first-order chi connectivity index (χ1) is 12.8. The van der Waals surface area contributed by atoms with Gasteiger partial charge in [-0.1, -0.05) is 35.0 Å². The molecule has 1 aliphatic rings. The van der Waals surface area contributed by atoms with Crippen LogP contribution in [0.2, 0.25) is 0 Å². The van der Waals surface area contributed by atoms with Crippen molar-refractivity contribution in [3.05, 3.63) is 60.7 Å². The Kier molecular flexibility index (Phi) is 5.05. The lowest BCUT2D eigenvalue weighted by molar-refractivity contribution is -0.132. The Morgan fingerprint density at radius 3 is 2.44 bits per heavy atom. The number of aromatic nitrogens is 2. The van der Waals surface area contributed by atoms with Gasteiger partial charge in [-0.15, -0.1) is 0 Å². The molecule has 0 fully saturated rings. The average Bonchev–Trinajstić information content (AvgIpc) is 3.09. The van der Waals surface area contributed by atoms with Gasteiger partial charge in [-0.05, 0) is 17.7 Å². The maximum Gasteiger partial charge on any atom is 0.333 e. The number of hydrazone groups is 1. The van der Waals surface area contributed by atoms with Gasteiger partial charge in [0.05, 0.1) is 11.8 Å². The van der Waals surface area contributed by atoms with Crippen LogP contribution >= 0.6 is 15.9 Å². The molecule has 2 heterocycles. The van der Waals surface area contributed by atoms with E-state index >= 15 is 0 Å². The van der Waals surface area contributed by atoms with E-state index in [-0.39, 0.29) is 36.1 Å². The zero-order valence-corrected chi connectivity index (χ0v) is 16.7. The normalized spacial score (nSPS) is 16.5. The highest BCUT2D eigenvalue weighted by molar-refractivity contribution is 9.10. The first kappa shape index (κ1) is 19.1. The molecule has 0 saturated heterocycles. The second-order valence-electron chi connectivity index (χ2n) is 6.31.